The average molecular weight is 501 g/mol. The molecule has 0 bridgehead atoms. The lowest BCUT2D eigenvalue weighted by molar-refractivity contribution is 0.276. The van der Waals surface area contributed by atoms with Crippen LogP contribution in [0.1, 0.15) is 31.1 Å². The highest BCUT2D eigenvalue weighted by Gasteiger charge is 2.18. The van der Waals surface area contributed by atoms with Gasteiger partial charge < -0.3 is 20.3 Å². The topological polar surface area (TPSA) is 121 Å². The number of ether oxygens (including phenoxy) is 2. The maximum absolute atomic E-state index is 14.3. The van der Waals surface area contributed by atoms with E-state index in [-0.39, 0.29) is 19.3 Å². The first-order valence-corrected chi connectivity index (χ1v) is 11.7. The fourth-order valence-corrected chi connectivity index (χ4v) is 3.85. The Morgan fingerprint density at radius 2 is 1.76 bits per heavy atom. The fraction of sp³-hybridized carbons (Fsp3) is 0.185. The third-order valence-corrected chi connectivity index (χ3v) is 5.67. The molecule has 0 spiro atoms. The first kappa shape index (κ1) is 24.1. The first-order chi connectivity index (χ1) is 17.9. The van der Waals surface area contributed by atoms with E-state index < -0.39 is 5.82 Å². The van der Waals surface area contributed by atoms with Crippen molar-refractivity contribution in [3.05, 3.63) is 84.2 Å². The Hall–Kier alpha value is -4.57. The number of nitrogens with two attached hydrogens (primary N) is 1. The molecule has 5 aromatic rings. The van der Waals surface area contributed by atoms with Gasteiger partial charge >= 0.3 is 0 Å². The van der Waals surface area contributed by atoms with Crippen LogP contribution in [0.5, 0.6) is 17.2 Å². The van der Waals surface area contributed by atoms with Crippen molar-refractivity contribution in [2.45, 2.75) is 33.1 Å². The van der Waals surface area contributed by atoms with Crippen LogP contribution < -0.4 is 15.2 Å². The van der Waals surface area contributed by atoms with Gasteiger partial charge in [-0.3, -0.25) is 4.98 Å². The summed E-state index contributed by atoms with van der Waals surface area (Å²) in [6.45, 7) is 4.10. The SMILES string of the molecule is CC(C)n1nc(-c2ccc(Oc3cc(F)cc(OCc4ccc(CO)nc4)c3)cc2)c2c(N)ncnc21. The highest BCUT2D eigenvalue weighted by molar-refractivity contribution is 5.98. The summed E-state index contributed by atoms with van der Waals surface area (Å²) >= 11 is 0. The lowest BCUT2D eigenvalue weighted by atomic mass is 10.1. The number of rotatable bonds is 8. The molecule has 9 nitrogen and oxygen atoms in total. The van der Waals surface area contributed by atoms with E-state index in [0.29, 0.717) is 45.5 Å². The van der Waals surface area contributed by atoms with Crippen molar-refractivity contribution >= 4 is 16.9 Å². The summed E-state index contributed by atoms with van der Waals surface area (Å²) in [6, 6.07) is 15.0. The fourth-order valence-electron chi connectivity index (χ4n) is 3.85. The Balaban J connectivity index is 1.34. The van der Waals surface area contributed by atoms with Crippen molar-refractivity contribution in [1.29, 1.82) is 0 Å². The van der Waals surface area contributed by atoms with E-state index >= 15 is 0 Å². The van der Waals surface area contributed by atoms with Gasteiger partial charge in [0, 0.05) is 41.6 Å². The van der Waals surface area contributed by atoms with Gasteiger partial charge in [-0.15, -0.1) is 0 Å². The number of hydrogen-bond donors (Lipinski definition) is 2. The van der Waals surface area contributed by atoms with E-state index in [1.165, 1.54) is 18.5 Å². The van der Waals surface area contributed by atoms with E-state index in [4.69, 9.17) is 25.4 Å². The number of benzene rings is 2. The van der Waals surface area contributed by atoms with Crippen LogP contribution in [0.4, 0.5) is 10.2 Å². The molecule has 3 N–H and O–H groups in total. The van der Waals surface area contributed by atoms with Crippen molar-refractivity contribution in [2.24, 2.45) is 0 Å². The lowest BCUT2D eigenvalue weighted by Gasteiger charge is -2.11. The lowest BCUT2D eigenvalue weighted by Crippen LogP contribution is -2.04. The molecule has 3 aromatic heterocycles. The molecule has 188 valence electrons. The zero-order valence-electron chi connectivity index (χ0n) is 20.3. The number of fused-ring (bicyclic) bond motifs is 1. The van der Waals surface area contributed by atoms with Crippen molar-refractivity contribution in [3.63, 3.8) is 0 Å². The van der Waals surface area contributed by atoms with Gasteiger partial charge in [-0.1, -0.05) is 6.07 Å². The summed E-state index contributed by atoms with van der Waals surface area (Å²) in [5.41, 5.74) is 9.68. The van der Waals surface area contributed by atoms with E-state index in [1.54, 1.807) is 36.5 Å². The minimum absolute atomic E-state index is 0.0914. The standard InChI is InChI=1S/C27H25FN6O3/c1-16(2)34-27-24(26(29)31-15-32-27)25(33-34)18-4-7-21(8-5-18)37-23-10-19(28)9-22(11-23)36-14-17-3-6-20(13-35)30-12-17/h3-12,15-16,35H,13-14H2,1-2H3,(H2,29,31,32). The van der Waals surface area contributed by atoms with E-state index in [0.717, 1.165) is 11.1 Å². The number of aliphatic hydroxyl groups is 1. The molecular weight excluding hydrogens is 475 g/mol. The zero-order chi connectivity index (χ0) is 25.9. The number of nitrogens with zero attached hydrogens (tertiary/aromatic N) is 5. The highest BCUT2D eigenvalue weighted by atomic mass is 19.1. The van der Waals surface area contributed by atoms with Crippen LogP contribution in [0.2, 0.25) is 0 Å². The Bertz CT molecular complexity index is 1540. The molecule has 0 aliphatic carbocycles. The molecule has 0 aliphatic heterocycles. The number of aromatic nitrogens is 5. The first-order valence-electron chi connectivity index (χ1n) is 11.7. The summed E-state index contributed by atoms with van der Waals surface area (Å²) in [4.78, 5) is 12.6. The number of anilines is 1. The number of nitrogen functional groups attached to an aromatic ring is 1. The van der Waals surface area contributed by atoms with Crippen molar-refractivity contribution < 1.29 is 19.0 Å². The third-order valence-electron chi connectivity index (χ3n) is 5.67. The van der Waals surface area contributed by atoms with Crippen LogP contribution in [0.3, 0.4) is 0 Å². The smallest absolute Gasteiger partial charge is 0.164 e. The second-order valence-corrected chi connectivity index (χ2v) is 8.70. The quantitative estimate of drug-likeness (QED) is 0.303. The second-order valence-electron chi connectivity index (χ2n) is 8.70. The van der Waals surface area contributed by atoms with E-state index in [9.17, 15) is 4.39 Å². The minimum atomic E-state index is -0.487. The molecule has 5 rings (SSSR count). The molecule has 10 heteroatoms. The van der Waals surface area contributed by atoms with Gasteiger partial charge in [0.25, 0.3) is 0 Å². The van der Waals surface area contributed by atoms with Gasteiger partial charge in [0.1, 0.15) is 47.5 Å². The second kappa shape index (κ2) is 10.2. The monoisotopic (exact) mass is 500 g/mol. The number of halogens is 1. The molecule has 0 saturated carbocycles. The van der Waals surface area contributed by atoms with Crippen molar-refractivity contribution in [3.8, 4) is 28.5 Å². The predicted molar refractivity (Wildman–Crippen MR) is 137 cm³/mol. The van der Waals surface area contributed by atoms with Gasteiger partial charge in [-0.05, 0) is 44.2 Å². The van der Waals surface area contributed by atoms with Crippen LogP contribution in [-0.4, -0.2) is 29.8 Å². The average Bonchev–Trinajstić information content (AvgIpc) is 3.29. The van der Waals surface area contributed by atoms with Crippen LogP contribution in [0, 0.1) is 5.82 Å². The molecule has 0 aliphatic rings. The largest absolute Gasteiger partial charge is 0.489 e. The number of aliphatic hydroxyl groups excluding tert-OH is 1. The van der Waals surface area contributed by atoms with Crippen LogP contribution >= 0.6 is 0 Å². The molecule has 0 unspecified atom stereocenters. The number of hydrogen-bond acceptors (Lipinski definition) is 8. The van der Waals surface area contributed by atoms with E-state index in [1.807, 2.05) is 30.7 Å². The summed E-state index contributed by atoms with van der Waals surface area (Å²) in [5, 5.41) is 14.5. The molecule has 0 saturated heterocycles. The molecule has 0 amide bonds. The predicted octanol–water partition coefficient (Wildman–Crippen LogP) is 5.05. The van der Waals surface area contributed by atoms with Gasteiger partial charge in [0.15, 0.2) is 5.65 Å². The number of pyridine rings is 1. The summed E-state index contributed by atoms with van der Waals surface area (Å²) < 4.78 is 27.7. The van der Waals surface area contributed by atoms with Gasteiger partial charge in [-0.2, -0.15) is 5.10 Å². The minimum Gasteiger partial charge on any atom is -0.489 e. The van der Waals surface area contributed by atoms with Crippen LogP contribution in [0.25, 0.3) is 22.3 Å². The maximum Gasteiger partial charge on any atom is 0.164 e. The molecular formula is C27H25FN6O3. The van der Waals surface area contributed by atoms with E-state index in [2.05, 4.69) is 15.0 Å². The van der Waals surface area contributed by atoms with Gasteiger partial charge in [0.05, 0.1) is 17.7 Å². The Morgan fingerprint density at radius 3 is 2.46 bits per heavy atom. The maximum atomic E-state index is 14.3. The summed E-state index contributed by atoms with van der Waals surface area (Å²) in [6.07, 6.45) is 3.04. The molecule has 0 atom stereocenters. The van der Waals surface area contributed by atoms with Crippen LogP contribution in [0.15, 0.2) is 67.1 Å². The molecule has 0 fully saturated rings. The Morgan fingerprint density at radius 1 is 0.973 bits per heavy atom. The summed E-state index contributed by atoms with van der Waals surface area (Å²) in [7, 11) is 0. The molecule has 0 radical (unpaired) electrons. The normalized spacial score (nSPS) is 11.3. The van der Waals surface area contributed by atoms with Gasteiger partial charge in [0.2, 0.25) is 0 Å². The highest BCUT2D eigenvalue weighted by Crippen LogP contribution is 2.33. The Labute approximate surface area is 212 Å². The Kier molecular flexibility index (Phi) is 6.65. The van der Waals surface area contributed by atoms with Gasteiger partial charge in [-0.25, -0.2) is 19.0 Å². The summed E-state index contributed by atoms with van der Waals surface area (Å²) in [5.74, 6) is 1.00. The van der Waals surface area contributed by atoms with Crippen molar-refractivity contribution in [2.75, 3.05) is 5.73 Å². The third kappa shape index (κ3) is 5.19. The molecule has 3 heterocycles. The molecule has 2 aromatic carbocycles. The zero-order valence-corrected chi connectivity index (χ0v) is 20.3. The van der Waals surface area contributed by atoms with Crippen molar-refractivity contribution in [1.82, 2.24) is 24.7 Å². The van der Waals surface area contributed by atoms with Crippen LogP contribution in [-0.2, 0) is 13.2 Å². The molecule has 37 heavy (non-hydrogen) atoms.